The van der Waals surface area contributed by atoms with Crippen LogP contribution in [-0.2, 0) is 13.1 Å². The first-order chi connectivity index (χ1) is 17.5. The summed E-state index contributed by atoms with van der Waals surface area (Å²) in [5.41, 5.74) is 8.31. The molecule has 0 bridgehead atoms. The van der Waals surface area contributed by atoms with E-state index < -0.39 is 0 Å². The van der Waals surface area contributed by atoms with Crippen LogP contribution in [0.4, 0.5) is 10.3 Å². The minimum Gasteiger partial charge on any atom is -0.350 e. The molecule has 0 atom stereocenters. The summed E-state index contributed by atoms with van der Waals surface area (Å²) >= 11 is 13.2. The molecule has 1 aliphatic heterocycles. The molecule has 3 N–H and O–H groups in total. The topological polar surface area (TPSA) is 84.9 Å². The van der Waals surface area contributed by atoms with E-state index in [1.165, 1.54) is 6.07 Å². The maximum Gasteiger partial charge on any atom is 0.225 e. The Kier molecular flexibility index (Phi) is 7.67. The van der Waals surface area contributed by atoms with Crippen molar-refractivity contribution < 1.29 is 4.39 Å². The van der Waals surface area contributed by atoms with E-state index in [0.29, 0.717) is 56.6 Å². The van der Waals surface area contributed by atoms with E-state index in [9.17, 15) is 4.39 Å². The summed E-state index contributed by atoms with van der Waals surface area (Å²) < 4.78 is 16.2. The van der Waals surface area contributed by atoms with E-state index in [2.05, 4.69) is 19.8 Å². The van der Waals surface area contributed by atoms with Crippen molar-refractivity contribution in [2.45, 2.75) is 25.9 Å². The third-order valence-corrected chi connectivity index (χ3v) is 7.29. The van der Waals surface area contributed by atoms with Gasteiger partial charge in [0.05, 0.1) is 21.8 Å². The number of imidazole rings is 1. The normalized spacial score (nSPS) is 15.0. The van der Waals surface area contributed by atoms with Gasteiger partial charge in [0.2, 0.25) is 5.95 Å². The number of fused-ring (bicyclic) bond motifs is 1. The summed E-state index contributed by atoms with van der Waals surface area (Å²) in [4.78, 5) is 16.4. The molecule has 7 nitrogen and oxygen atoms in total. The van der Waals surface area contributed by atoms with Gasteiger partial charge in [0.1, 0.15) is 17.2 Å². The second-order valence-electron chi connectivity index (χ2n) is 9.06. The molecular formula is C26H28Cl2FN7. The second kappa shape index (κ2) is 11.1. The number of halogens is 3. The molecule has 10 heteroatoms. The molecule has 4 aromatic rings. The molecule has 1 fully saturated rings. The fourth-order valence-corrected chi connectivity index (χ4v) is 5.30. The minimum absolute atomic E-state index is 0.271. The van der Waals surface area contributed by atoms with Crippen molar-refractivity contribution in [2.75, 3.05) is 31.5 Å². The zero-order valence-corrected chi connectivity index (χ0v) is 21.3. The second-order valence-corrected chi connectivity index (χ2v) is 9.88. The molecule has 0 unspecified atom stereocenters. The lowest BCUT2D eigenvalue weighted by Crippen LogP contribution is -2.38. The van der Waals surface area contributed by atoms with Crippen molar-refractivity contribution in [3.05, 3.63) is 70.1 Å². The molecule has 0 saturated carbocycles. The maximum atomic E-state index is 14.1. The van der Waals surface area contributed by atoms with Crippen molar-refractivity contribution in [1.82, 2.24) is 24.4 Å². The fraction of sp³-hybridized carbons (Fsp3) is 0.346. The molecule has 0 aliphatic carbocycles. The first kappa shape index (κ1) is 24.9. The highest BCUT2D eigenvalue weighted by Gasteiger charge is 2.24. The molecular weight excluding hydrogens is 500 g/mol. The van der Waals surface area contributed by atoms with E-state index in [1.54, 1.807) is 24.4 Å². The molecule has 3 heterocycles. The minimum atomic E-state index is -0.271. The average molecular weight is 528 g/mol. The Labute approximate surface area is 219 Å². The van der Waals surface area contributed by atoms with Gasteiger partial charge in [0.25, 0.3) is 0 Å². The van der Waals surface area contributed by atoms with Gasteiger partial charge in [-0.3, -0.25) is 0 Å². The quantitative estimate of drug-likeness (QED) is 0.326. The Hall–Kier alpha value is -2.78. The number of piperidine rings is 1. The average Bonchev–Trinajstić information content (AvgIpc) is 3.22. The molecule has 2 aromatic heterocycles. The van der Waals surface area contributed by atoms with Gasteiger partial charge in [-0.2, -0.15) is 4.98 Å². The number of likely N-dealkylation sites (tertiary alicyclic amines) is 1. The lowest BCUT2D eigenvalue weighted by Gasteiger charge is -2.32. The van der Waals surface area contributed by atoms with Gasteiger partial charge in [0, 0.05) is 31.7 Å². The highest BCUT2D eigenvalue weighted by atomic mass is 35.5. The SMILES string of the molecule is NCCN1CCC(Cn2c(-c3c(Cl)cccc3Cl)nc3cnc(NCc4ccccc4F)nc32)CC1. The highest BCUT2D eigenvalue weighted by Crippen LogP contribution is 2.36. The van der Waals surface area contributed by atoms with Gasteiger partial charge in [-0.1, -0.05) is 47.5 Å². The Morgan fingerprint density at radius 2 is 1.78 bits per heavy atom. The van der Waals surface area contributed by atoms with Crippen LogP contribution < -0.4 is 11.1 Å². The molecule has 188 valence electrons. The summed E-state index contributed by atoms with van der Waals surface area (Å²) in [5, 5.41) is 4.20. The number of aromatic nitrogens is 4. The van der Waals surface area contributed by atoms with Gasteiger partial charge >= 0.3 is 0 Å². The van der Waals surface area contributed by atoms with Gasteiger partial charge in [-0.15, -0.1) is 0 Å². The number of hydrogen-bond donors (Lipinski definition) is 2. The van der Waals surface area contributed by atoms with Crippen molar-refractivity contribution in [3.63, 3.8) is 0 Å². The van der Waals surface area contributed by atoms with E-state index in [1.807, 2.05) is 18.2 Å². The number of hydrogen-bond acceptors (Lipinski definition) is 6. The number of nitrogens with one attached hydrogen (secondary N) is 1. The van der Waals surface area contributed by atoms with E-state index in [-0.39, 0.29) is 12.4 Å². The first-order valence-corrected chi connectivity index (χ1v) is 12.9. The summed E-state index contributed by atoms with van der Waals surface area (Å²) in [6.07, 6.45) is 3.79. The third kappa shape index (κ3) is 5.32. The van der Waals surface area contributed by atoms with Gasteiger partial charge in [-0.05, 0) is 50.0 Å². The molecule has 1 saturated heterocycles. The summed E-state index contributed by atoms with van der Waals surface area (Å²) in [6, 6.07) is 12.1. The number of benzene rings is 2. The smallest absolute Gasteiger partial charge is 0.225 e. The molecule has 0 amide bonds. The summed E-state index contributed by atoms with van der Waals surface area (Å²) in [6.45, 7) is 4.63. The van der Waals surface area contributed by atoms with Crippen molar-refractivity contribution >= 4 is 40.3 Å². The van der Waals surface area contributed by atoms with Crippen LogP contribution in [-0.4, -0.2) is 50.6 Å². The predicted molar refractivity (Wildman–Crippen MR) is 143 cm³/mol. The monoisotopic (exact) mass is 527 g/mol. The lowest BCUT2D eigenvalue weighted by atomic mass is 9.96. The number of anilines is 1. The van der Waals surface area contributed by atoms with Crippen LogP contribution in [0.5, 0.6) is 0 Å². The number of nitrogens with two attached hydrogens (primary N) is 1. The van der Waals surface area contributed by atoms with Crippen LogP contribution in [0.1, 0.15) is 18.4 Å². The van der Waals surface area contributed by atoms with Gasteiger partial charge in [0.15, 0.2) is 5.65 Å². The predicted octanol–water partition coefficient (Wildman–Crippen LogP) is 5.22. The van der Waals surface area contributed by atoms with E-state index in [0.717, 1.165) is 39.0 Å². The van der Waals surface area contributed by atoms with Crippen LogP contribution in [0.2, 0.25) is 10.0 Å². The zero-order valence-electron chi connectivity index (χ0n) is 19.8. The van der Waals surface area contributed by atoms with Crippen LogP contribution >= 0.6 is 23.2 Å². The Balaban J connectivity index is 1.49. The number of rotatable bonds is 8. The lowest BCUT2D eigenvalue weighted by molar-refractivity contribution is 0.178. The standard InChI is InChI=1S/C26H28Cl2FN7/c27-19-5-3-6-20(28)23(19)25-33-22-15-32-26(31-14-18-4-1-2-7-21(18)29)34-24(22)36(25)16-17-8-11-35(12-9-17)13-10-30/h1-7,15,17H,8-14,16,30H2,(H,31,32,34). The molecule has 0 radical (unpaired) electrons. The van der Waals surface area contributed by atoms with Crippen LogP contribution in [0.15, 0.2) is 48.7 Å². The third-order valence-electron chi connectivity index (χ3n) is 6.66. The van der Waals surface area contributed by atoms with Crippen molar-refractivity contribution in [1.29, 1.82) is 0 Å². The van der Waals surface area contributed by atoms with Crippen LogP contribution in [0, 0.1) is 11.7 Å². The van der Waals surface area contributed by atoms with E-state index in [4.69, 9.17) is 38.9 Å². The van der Waals surface area contributed by atoms with Gasteiger partial charge < -0.3 is 20.5 Å². The molecule has 1 aliphatic rings. The van der Waals surface area contributed by atoms with Crippen LogP contribution in [0.25, 0.3) is 22.6 Å². The zero-order chi connectivity index (χ0) is 25.1. The Morgan fingerprint density at radius 1 is 1.03 bits per heavy atom. The first-order valence-electron chi connectivity index (χ1n) is 12.1. The fourth-order valence-electron chi connectivity index (χ4n) is 4.73. The van der Waals surface area contributed by atoms with Crippen molar-refractivity contribution in [3.8, 4) is 11.4 Å². The molecule has 5 rings (SSSR count). The van der Waals surface area contributed by atoms with Crippen LogP contribution in [0.3, 0.4) is 0 Å². The highest BCUT2D eigenvalue weighted by molar-refractivity contribution is 6.39. The maximum absolute atomic E-state index is 14.1. The largest absolute Gasteiger partial charge is 0.350 e. The molecule has 36 heavy (non-hydrogen) atoms. The van der Waals surface area contributed by atoms with Crippen molar-refractivity contribution in [2.24, 2.45) is 11.7 Å². The van der Waals surface area contributed by atoms with Gasteiger partial charge in [-0.25, -0.2) is 14.4 Å². The molecule has 0 spiro atoms. The Bertz CT molecular complexity index is 1330. The summed E-state index contributed by atoms with van der Waals surface area (Å²) in [7, 11) is 0. The Morgan fingerprint density at radius 3 is 2.50 bits per heavy atom. The summed E-state index contributed by atoms with van der Waals surface area (Å²) in [5.74, 6) is 1.25. The molecule has 2 aromatic carbocycles. The van der Waals surface area contributed by atoms with E-state index >= 15 is 0 Å². The number of nitrogens with zero attached hydrogens (tertiary/aromatic N) is 5.